The van der Waals surface area contributed by atoms with Crippen molar-refractivity contribution in [1.82, 2.24) is 0 Å². The van der Waals surface area contributed by atoms with Crippen LogP contribution in [0.25, 0.3) is 0 Å². The van der Waals surface area contributed by atoms with Gasteiger partial charge in [-0.3, -0.25) is 55.4 Å². The van der Waals surface area contributed by atoms with Crippen LogP contribution in [0.1, 0.15) is 48.4 Å². The minimum absolute atomic E-state index is 0.0159. The molecule has 0 saturated heterocycles. The summed E-state index contributed by atoms with van der Waals surface area (Å²) in [5, 5.41) is 95.4. The number of nitro benzene ring substituents is 5. The van der Waals surface area contributed by atoms with Gasteiger partial charge < -0.3 is 25.5 Å². The van der Waals surface area contributed by atoms with Crippen LogP contribution >= 0.6 is 0 Å². The fraction of sp³-hybridized carbons (Fsp3) is 0.0345. The summed E-state index contributed by atoms with van der Waals surface area (Å²) in [5.74, 6) is -5.64. The second-order valence-corrected chi connectivity index (χ2v) is 9.35. The number of Topliss-reactive ketones (excluding diaryl/α,β-unsaturated/α-hetero) is 1. The van der Waals surface area contributed by atoms with Crippen LogP contribution in [0.2, 0.25) is 0 Å². The van der Waals surface area contributed by atoms with E-state index in [-0.39, 0.29) is 28.3 Å². The molecule has 53 heavy (non-hydrogen) atoms. The van der Waals surface area contributed by atoms with Gasteiger partial charge >= 0.3 is 35.0 Å². The summed E-state index contributed by atoms with van der Waals surface area (Å²) in [6.45, 7) is 1.35. The van der Waals surface area contributed by atoms with Gasteiger partial charge in [-0.15, -0.1) is 0 Å². The summed E-state index contributed by atoms with van der Waals surface area (Å²) in [7, 11) is 0. The monoisotopic (exact) mass is 743 g/mol. The quantitative estimate of drug-likeness (QED) is 0.0855. The fourth-order valence-electron chi connectivity index (χ4n) is 3.61. The third kappa shape index (κ3) is 12.2. The van der Waals surface area contributed by atoms with Crippen LogP contribution in [0.5, 0.6) is 11.5 Å². The van der Waals surface area contributed by atoms with E-state index in [1.807, 2.05) is 0 Å². The van der Waals surface area contributed by atoms with Crippen molar-refractivity contribution < 1.29 is 69.3 Å². The van der Waals surface area contributed by atoms with Gasteiger partial charge in [-0.2, -0.15) is 0 Å². The molecule has 0 atom stereocenters. The molecule has 0 aliphatic rings. The van der Waals surface area contributed by atoms with E-state index in [0.29, 0.717) is 12.1 Å². The molecule has 24 nitrogen and oxygen atoms in total. The highest BCUT2D eigenvalue weighted by Gasteiger charge is 2.31. The number of benzene rings is 4. The Bertz CT molecular complexity index is 2020. The molecule has 4 rings (SSSR count). The molecule has 5 N–H and O–H groups in total. The van der Waals surface area contributed by atoms with Gasteiger partial charge in [0.2, 0.25) is 5.75 Å². The number of aromatic carboxylic acids is 3. The van der Waals surface area contributed by atoms with Crippen molar-refractivity contribution in [3.63, 3.8) is 0 Å². The summed E-state index contributed by atoms with van der Waals surface area (Å²) < 4.78 is 0. The molecule has 0 aliphatic carbocycles. The second kappa shape index (κ2) is 18.9. The molecule has 276 valence electrons. The van der Waals surface area contributed by atoms with E-state index in [1.165, 1.54) is 43.3 Å². The molecule has 0 heterocycles. The number of nitro groups is 5. The predicted octanol–water partition coefficient (Wildman–Crippen LogP) is 5.00. The van der Waals surface area contributed by atoms with Crippen molar-refractivity contribution in [3.05, 3.63) is 152 Å². The van der Waals surface area contributed by atoms with E-state index in [1.54, 1.807) is 12.1 Å². The lowest BCUT2D eigenvalue weighted by molar-refractivity contribution is -0.422. The fourth-order valence-corrected chi connectivity index (χ4v) is 3.61. The first kappa shape index (κ1) is 42.6. The number of phenols is 2. The van der Waals surface area contributed by atoms with Crippen molar-refractivity contribution in [2.24, 2.45) is 0 Å². The first-order chi connectivity index (χ1) is 24.6. The predicted molar refractivity (Wildman–Crippen MR) is 173 cm³/mol. The van der Waals surface area contributed by atoms with E-state index < -0.39 is 82.2 Å². The van der Waals surface area contributed by atoms with Crippen molar-refractivity contribution in [2.45, 2.75) is 6.92 Å². The average molecular weight is 744 g/mol. The summed E-state index contributed by atoms with van der Waals surface area (Å²) in [6, 6.07) is 15.1. The van der Waals surface area contributed by atoms with Crippen molar-refractivity contribution in [2.75, 3.05) is 0 Å². The van der Waals surface area contributed by atoms with Gasteiger partial charge in [-0.1, -0.05) is 24.3 Å². The highest BCUT2D eigenvalue weighted by atomic mass is 16.6. The number of carboxylic acid groups (broad SMARTS) is 3. The molecule has 0 saturated carbocycles. The maximum atomic E-state index is 10.9. The third-order valence-corrected chi connectivity index (χ3v) is 5.93. The Morgan fingerprint density at radius 2 is 0.943 bits per heavy atom. The van der Waals surface area contributed by atoms with Gasteiger partial charge in [0.1, 0.15) is 16.9 Å². The second-order valence-electron chi connectivity index (χ2n) is 9.35. The molecule has 0 spiro atoms. The zero-order chi connectivity index (χ0) is 40.7. The number of carbonyl (C=O) groups excluding carboxylic acids is 1. The SMILES string of the molecule is CC(=O)c1ccccc1C(=O)O.O=C(O)c1cc([N+](=O)[O-])cc([N+](=O)[O-])c1O.O=C(O)c1cccc([N+](=O)[O-])c1[N+](=O)[O-].O=[N+]([O-])c1ccc(O)cc1. The van der Waals surface area contributed by atoms with Crippen molar-refractivity contribution in [3.8, 4) is 11.5 Å². The number of nitrogens with zero attached hydrogens (tertiary/aromatic N) is 5. The van der Waals surface area contributed by atoms with Crippen LogP contribution in [0.15, 0.2) is 78.9 Å². The zero-order valence-corrected chi connectivity index (χ0v) is 26.2. The van der Waals surface area contributed by atoms with Gasteiger partial charge in [0, 0.05) is 29.8 Å². The molecule has 0 fully saturated rings. The van der Waals surface area contributed by atoms with E-state index in [2.05, 4.69) is 0 Å². The summed E-state index contributed by atoms with van der Waals surface area (Å²) in [4.78, 5) is 89.6. The van der Waals surface area contributed by atoms with Crippen LogP contribution < -0.4 is 0 Å². The number of phenolic OH excluding ortho intramolecular Hbond substituents is 1. The molecule has 0 amide bonds. The smallest absolute Gasteiger partial charge is 0.360 e. The lowest BCUT2D eigenvalue weighted by Gasteiger charge is -2.00. The number of hydrogen-bond donors (Lipinski definition) is 5. The number of para-hydroxylation sites is 1. The highest BCUT2D eigenvalue weighted by molar-refractivity contribution is 6.04. The molecular formula is C29H21N5O19. The van der Waals surface area contributed by atoms with Gasteiger partial charge in [0.25, 0.3) is 11.4 Å². The first-order valence-electron chi connectivity index (χ1n) is 13.4. The summed E-state index contributed by atoms with van der Waals surface area (Å²) in [6.07, 6.45) is 0. The molecule has 0 bridgehead atoms. The molecule has 4 aromatic carbocycles. The van der Waals surface area contributed by atoms with Gasteiger partial charge in [0.15, 0.2) is 5.78 Å². The maximum Gasteiger partial charge on any atom is 0.360 e. The zero-order valence-electron chi connectivity index (χ0n) is 26.2. The number of aromatic hydroxyl groups is 2. The average Bonchev–Trinajstić information content (AvgIpc) is 3.08. The van der Waals surface area contributed by atoms with Crippen LogP contribution in [0, 0.1) is 50.6 Å². The molecule has 24 heteroatoms. The Hall–Kier alpha value is -8.44. The molecule has 0 unspecified atom stereocenters. The third-order valence-electron chi connectivity index (χ3n) is 5.93. The number of hydrogen-bond acceptors (Lipinski definition) is 16. The lowest BCUT2D eigenvalue weighted by atomic mass is 10.1. The van der Waals surface area contributed by atoms with E-state index >= 15 is 0 Å². The Kier molecular flexibility index (Phi) is 15.2. The van der Waals surface area contributed by atoms with E-state index in [0.717, 1.165) is 18.2 Å². The minimum Gasteiger partial charge on any atom is -0.508 e. The van der Waals surface area contributed by atoms with Crippen LogP contribution in [-0.2, 0) is 0 Å². The number of non-ortho nitro benzene ring substituents is 2. The van der Waals surface area contributed by atoms with Crippen LogP contribution in [0.3, 0.4) is 0 Å². The highest BCUT2D eigenvalue weighted by Crippen LogP contribution is 2.34. The standard InChI is InChI=1S/C9H8O3.C7H4N2O7.C7H4N2O6.C6H5NO3/c1-6(10)7-4-2-3-5-8(7)9(11)12;10-6-4(7(11)12)1-3(8(13)14)2-5(6)9(15)16;10-7(11)4-2-1-3-5(8(12)13)6(4)9(14)15;8-6-3-1-5(2-4-6)7(9)10/h2-5H,1H3,(H,11,12);1-2,10H,(H,11,12);1-3H,(H,10,11);1-4,8H. The molecule has 4 aromatic rings. The Morgan fingerprint density at radius 3 is 1.32 bits per heavy atom. The molecular weight excluding hydrogens is 722 g/mol. The van der Waals surface area contributed by atoms with E-state index in [4.69, 9.17) is 20.4 Å². The number of carboxylic acids is 3. The van der Waals surface area contributed by atoms with Crippen molar-refractivity contribution >= 4 is 52.1 Å². The lowest BCUT2D eigenvalue weighted by Crippen LogP contribution is -2.05. The number of ketones is 1. The van der Waals surface area contributed by atoms with Gasteiger partial charge in [-0.05, 0) is 31.2 Å². The minimum atomic E-state index is -1.69. The molecule has 0 aliphatic heterocycles. The largest absolute Gasteiger partial charge is 0.508 e. The Balaban J connectivity index is 0.000000358. The Morgan fingerprint density at radius 1 is 0.491 bits per heavy atom. The first-order valence-corrected chi connectivity index (χ1v) is 13.4. The summed E-state index contributed by atoms with van der Waals surface area (Å²) >= 11 is 0. The maximum absolute atomic E-state index is 10.9. The molecule has 0 radical (unpaired) electrons. The Labute approximate surface area is 291 Å². The van der Waals surface area contributed by atoms with Gasteiger partial charge in [0.05, 0.1) is 36.2 Å². The molecule has 0 aromatic heterocycles. The summed E-state index contributed by atoms with van der Waals surface area (Å²) in [5.41, 5.74) is -4.92. The van der Waals surface area contributed by atoms with Crippen molar-refractivity contribution in [1.29, 1.82) is 0 Å². The van der Waals surface area contributed by atoms with Crippen LogP contribution in [0.4, 0.5) is 28.4 Å². The van der Waals surface area contributed by atoms with E-state index in [9.17, 15) is 74.9 Å². The van der Waals surface area contributed by atoms with Crippen LogP contribution in [-0.4, -0.2) is 73.8 Å². The number of rotatable bonds is 9. The number of carbonyl (C=O) groups is 4. The normalized spacial score (nSPS) is 9.53. The van der Waals surface area contributed by atoms with Gasteiger partial charge in [-0.25, -0.2) is 14.4 Å². The topological polar surface area (TPSA) is 385 Å².